The molecule has 0 fully saturated rings. The molecule has 0 amide bonds. The van der Waals surface area contributed by atoms with Crippen molar-refractivity contribution in [2.24, 2.45) is 0 Å². The molecule has 2 N–H and O–H groups in total. The van der Waals surface area contributed by atoms with Gasteiger partial charge in [-0.1, -0.05) is 41.5 Å². The quantitative estimate of drug-likeness (QED) is 0.826. The molecule has 0 aliphatic carbocycles. The Hall–Kier alpha value is -1.36. The van der Waals surface area contributed by atoms with Crippen LogP contribution in [0, 0.1) is 5.82 Å². The van der Waals surface area contributed by atoms with Gasteiger partial charge < -0.3 is 9.97 Å². The van der Waals surface area contributed by atoms with Crippen molar-refractivity contribution in [1.82, 2.24) is 9.22 Å². The van der Waals surface area contributed by atoms with Gasteiger partial charge in [0.2, 0.25) is 0 Å². The van der Waals surface area contributed by atoms with Crippen LogP contribution in [0.25, 0.3) is 11.0 Å². The van der Waals surface area contributed by atoms with Gasteiger partial charge in [0.05, 0.1) is 17.3 Å². The van der Waals surface area contributed by atoms with Crippen molar-refractivity contribution in [2.45, 2.75) is 58.2 Å². The third kappa shape index (κ3) is 2.18. The standard InChI is InChI=1S/C16H26FN3Si/c1-10(2)21(11(3)4,12(5)6)20-8-7-13-15(17)14(18)9-19-16(13)20/h7-12H,18H2,1-6H3. The van der Waals surface area contributed by atoms with Crippen LogP contribution in [-0.2, 0) is 0 Å². The maximum atomic E-state index is 14.2. The maximum Gasteiger partial charge on any atom is 0.171 e. The molecule has 2 aromatic rings. The molecular weight excluding hydrogens is 281 g/mol. The number of pyridine rings is 1. The third-order valence-electron chi connectivity index (χ3n) is 4.87. The first kappa shape index (κ1) is 16.0. The monoisotopic (exact) mass is 307 g/mol. The Balaban J connectivity index is 2.81. The zero-order valence-electron chi connectivity index (χ0n) is 13.8. The Bertz CT molecular complexity index is 624. The molecule has 0 bridgehead atoms. The Morgan fingerprint density at radius 2 is 1.62 bits per heavy atom. The van der Waals surface area contributed by atoms with E-state index in [1.54, 1.807) is 0 Å². The largest absolute Gasteiger partial charge is 0.395 e. The highest BCUT2D eigenvalue weighted by molar-refractivity contribution is 6.82. The fourth-order valence-corrected chi connectivity index (χ4v) is 10.8. The molecule has 5 heteroatoms. The lowest BCUT2D eigenvalue weighted by Gasteiger charge is -2.44. The summed E-state index contributed by atoms with van der Waals surface area (Å²) in [5.74, 6) is -0.349. The van der Waals surface area contributed by atoms with E-state index in [1.165, 1.54) is 6.20 Å². The van der Waals surface area contributed by atoms with Gasteiger partial charge in [-0.3, -0.25) is 0 Å². The molecular formula is C16H26FN3Si. The minimum Gasteiger partial charge on any atom is -0.395 e. The Morgan fingerprint density at radius 3 is 2.10 bits per heavy atom. The summed E-state index contributed by atoms with van der Waals surface area (Å²) in [6, 6.07) is 1.82. The molecule has 116 valence electrons. The SMILES string of the molecule is CC(C)[Si](C(C)C)(C(C)C)n1ccc2c(F)c(N)cnc21. The van der Waals surface area contributed by atoms with Crippen molar-refractivity contribution in [2.75, 3.05) is 5.73 Å². The summed E-state index contributed by atoms with van der Waals surface area (Å²) < 4.78 is 16.5. The molecule has 2 heterocycles. The number of halogens is 1. The Kier molecular flexibility index (Phi) is 4.15. The van der Waals surface area contributed by atoms with Crippen molar-refractivity contribution in [3.8, 4) is 0 Å². The van der Waals surface area contributed by atoms with E-state index >= 15 is 0 Å². The number of nitrogens with zero attached hydrogens (tertiary/aromatic N) is 2. The van der Waals surface area contributed by atoms with Gasteiger partial charge in [-0.2, -0.15) is 0 Å². The predicted octanol–water partition coefficient (Wildman–Crippen LogP) is 4.78. The van der Waals surface area contributed by atoms with Crippen LogP contribution in [-0.4, -0.2) is 17.5 Å². The minimum absolute atomic E-state index is 0.117. The van der Waals surface area contributed by atoms with Crippen molar-refractivity contribution in [1.29, 1.82) is 0 Å². The molecule has 0 unspecified atom stereocenters. The Morgan fingerprint density at radius 1 is 1.10 bits per heavy atom. The van der Waals surface area contributed by atoms with Gasteiger partial charge in [-0.15, -0.1) is 0 Å². The highest BCUT2D eigenvalue weighted by Gasteiger charge is 2.46. The maximum absolute atomic E-state index is 14.2. The number of anilines is 1. The summed E-state index contributed by atoms with van der Waals surface area (Å²) >= 11 is 0. The summed E-state index contributed by atoms with van der Waals surface area (Å²) in [5, 5.41) is 0.536. The molecule has 2 rings (SSSR count). The van der Waals surface area contributed by atoms with E-state index in [1.807, 2.05) is 12.3 Å². The average molecular weight is 307 g/mol. The van der Waals surface area contributed by atoms with E-state index in [-0.39, 0.29) is 11.5 Å². The highest BCUT2D eigenvalue weighted by atomic mass is 28.3. The number of nitrogens with two attached hydrogens (primary N) is 1. The highest BCUT2D eigenvalue weighted by Crippen LogP contribution is 2.44. The molecule has 0 saturated carbocycles. The second-order valence-corrected chi connectivity index (χ2v) is 12.5. The molecule has 0 aliphatic rings. The number of rotatable bonds is 4. The lowest BCUT2D eigenvalue weighted by molar-refractivity contribution is 0.643. The van der Waals surface area contributed by atoms with Gasteiger partial charge in [0.1, 0.15) is 5.65 Å². The van der Waals surface area contributed by atoms with Crippen LogP contribution in [0.2, 0.25) is 16.6 Å². The molecule has 0 aliphatic heterocycles. The van der Waals surface area contributed by atoms with E-state index in [0.717, 1.165) is 5.65 Å². The summed E-state index contributed by atoms with van der Waals surface area (Å²) in [5.41, 5.74) is 8.12. The second kappa shape index (κ2) is 5.44. The van der Waals surface area contributed by atoms with Gasteiger partial charge in [0.25, 0.3) is 0 Å². The average Bonchev–Trinajstić information content (AvgIpc) is 2.78. The van der Waals surface area contributed by atoms with Crippen LogP contribution in [0.15, 0.2) is 18.5 Å². The van der Waals surface area contributed by atoms with Crippen LogP contribution in [0.1, 0.15) is 41.5 Å². The summed E-state index contributed by atoms with van der Waals surface area (Å²) in [6.45, 7) is 13.7. The van der Waals surface area contributed by atoms with Crippen molar-refractivity contribution >= 4 is 25.0 Å². The molecule has 0 aromatic carbocycles. The number of hydrogen-bond donors (Lipinski definition) is 1. The van der Waals surface area contributed by atoms with Crippen LogP contribution >= 0.6 is 0 Å². The first-order chi connectivity index (χ1) is 9.74. The number of nitrogen functional groups attached to an aromatic ring is 1. The van der Waals surface area contributed by atoms with Crippen molar-refractivity contribution in [3.05, 3.63) is 24.3 Å². The van der Waals surface area contributed by atoms with Gasteiger partial charge in [0, 0.05) is 0 Å². The first-order valence-electron chi connectivity index (χ1n) is 7.66. The lowest BCUT2D eigenvalue weighted by Crippen LogP contribution is -2.51. The summed E-state index contributed by atoms with van der Waals surface area (Å²) in [7, 11) is -1.91. The zero-order valence-corrected chi connectivity index (χ0v) is 14.8. The van der Waals surface area contributed by atoms with Crippen molar-refractivity contribution < 1.29 is 4.39 Å². The molecule has 3 nitrogen and oxygen atoms in total. The number of hydrogen-bond acceptors (Lipinski definition) is 2. The van der Waals surface area contributed by atoms with Gasteiger partial charge in [0.15, 0.2) is 14.1 Å². The van der Waals surface area contributed by atoms with E-state index < -0.39 is 8.24 Å². The van der Waals surface area contributed by atoms with Crippen LogP contribution in [0.5, 0.6) is 0 Å². The number of aromatic nitrogens is 2. The molecule has 2 aromatic heterocycles. The molecule has 0 radical (unpaired) electrons. The zero-order chi connectivity index (χ0) is 15.9. The van der Waals surface area contributed by atoms with Gasteiger partial charge in [-0.05, 0) is 28.9 Å². The third-order valence-corrected chi connectivity index (χ3v) is 11.6. The molecule has 0 spiro atoms. The minimum atomic E-state index is -1.91. The Labute approximate surface area is 127 Å². The molecule has 21 heavy (non-hydrogen) atoms. The smallest absolute Gasteiger partial charge is 0.171 e. The van der Waals surface area contributed by atoms with Crippen LogP contribution in [0.4, 0.5) is 10.1 Å². The summed E-state index contributed by atoms with van der Waals surface area (Å²) in [4.78, 5) is 4.45. The number of fused-ring (bicyclic) bond motifs is 1. The molecule has 0 saturated heterocycles. The topological polar surface area (TPSA) is 43.8 Å². The summed E-state index contributed by atoms with van der Waals surface area (Å²) in [6.07, 6.45) is 3.46. The van der Waals surface area contributed by atoms with Gasteiger partial charge >= 0.3 is 0 Å². The fourth-order valence-electron chi connectivity index (χ4n) is 4.22. The van der Waals surface area contributed by atoms with E-state index in [2.05, 4.69) is 50.8 Å². The van der Waals surface area contributed by atoms with E-state index in [9.17, 15) is 4.39 Å². The first-order valence-corrected chi connectivity index (χ1v) is 9.83. The normalized spacial score (nSPS) is 13.0. The second-order valence-electron chi connectivity index (χ2n) is 6.80. The van der Waals surface area contributed by atoms with E-state index in [0.29, 0.717) is 22.0 Å². The predicted molar refractivity (Wildman–Crippen MR) is 90.5 cm³/mol. The van der Waals surface area contributed by atoms with Gasteiger partial charge in [-0.25, -0.2) is 9.37 Å². The molecule has 0 atom stereocenters. The lowest BCUT2D eigenvalue weighted by atomic mass is 10.3. The van der Waals surface area contributed by atoms with E-state index in [4.69, 9.17) is 5.73 Å². The fraction of sp³-hybridized carbons (Fsp3) is 0.562. The van der Waals surface area contributed by atoms with Crippen LogP contribution in [0.3, 0.4) is 0 Å². The van der Waals surface area contributed by atoms with Crippen LogP contribution < -0.4 is 5.73 Å². The van der Waals surface area contributed by atoms with Crippen molar-refractivity contribution in [3.63, 3.8) is 0 Å².